The van der Waals surface area contributed by atoms with Gasteiger partial charge in [0.25, 0.3) is 0 Å². The summed E-state index contributed by atoms with van der Waals surface area (Å²) in [7, 11) is 0. The van der Waals surface area contributed by atoms with Crippen LogP contribution < -0.4 is 5.73 Å². The molecule has 1 aromatic carbocycles. The number of benzene rings is 1. The minimum Gasteiger partial charge on any atom is -0.387 e. The fraction of sp³-hybridized carbons (Fsp3) is 0.100. The maximum Gasteiger partial charge on any atom is 0.416 e. The Morgan fingerprint density at radius 3 is 2.53 bits per heavy atom. The molecule has 1 heterocycles. The fourth-order valence-electron chi connectivity index (χ4n) is 1.36. The quantitative estimate of drug-likeness (QED) is 0.846. The van der Waals surface area contributed by atoms with Crippen LogP contribution in [0.3, 0.4) is 0 Å². The minimum atomic E-state index is -4.40. The molecule has 100 valence electrons. The van der Waals surface area contributed by atoms with Gasteiger partial charge in [0.15, 0.2) is 0 Å². The van der Waals surface area contributed by atoms with Crippen LogP contribution in [-0.2, 0) is 6.18 Å². The Balaban J connectivity index is 2.43. The molecule has 19 heavy (non-hydrogen) atoms. The average Bonchev–Trinajstić information content (AvgIpc) is 2.76. The van der Waals surface area contributed by atoms with E-state index in [1.807, 2.05) is 0 Å². The molecule has 1 aromatic heterocycles. The third-order valence-corrected chi connectivity index (χ3v) is 3.05. The van der Waals surface area contributed by atoms with Gasteiger partial charge in [-0.25, -0.2) is 9.67 Å². The van der Waals surface area contributed by atoms with Gasteiger partial charge < -0.3 is 5.73 Å². The van der Waals surface area contributed by atoms with Crippen molar-refractivity contribution in [3.63, 3.8) is 0 Å². The molecule has 2 rings (SSSR count). The van der Waals surface area contributed by atoms with Crippen molar-refractivity contribution in [2.45, 2.75) is 6.18 Å². The predicted molar refractivity (Wildman–Crippen MR) is 69.9 cm³/mol. The molecule has 9 heteroatoms. The van der Waals surface area contributed by atoms with Crippen LogP contribution in [0.25, 0.3) is 5.69 Å². The first-order valence-corrected chi connectivity index (χ1v) is 6.08. The summed E-state index contributed by atoms with van der Waals surface area (Å²) in [5, 5.41) is 3.96. The number of thiocarbonyl (C=S) groups is 1. The topological polar surface area (TPSA) is 56.7 Å². The summed E-state index contributed by atoms with van der Waals surface area (Å²) in [6.45, 7) is 0. The van der Waals surface area contributed by atoms with Crippen molar-refractivity contribution in [2.75, 3.05) is 0 Å². The molecule has 2 aromatic rings. The summed E-state index contributed by atoms with van der Waals surface area (Å²) in [5.74, 6) is 0.154. The zero-order chi connectivity index (χ0) is 14.2. The van der Waals surface area contributed by atoms with Crippen LogP contribution in [0.4, 0.5) is 13.2 Å². The molecule has 0 bridgehead atoms. The summed E-state index contributed by atoms with van der Waals surface area (Å²) in [6.07, 6.45) is -3.07. The highest BCUT2D eigenvalue weighted by Crippen LogP contribution is 2.33. The van der Waals surface area contributed by atoms with Crippen LogP contribution in [0.15, 0.2) is 29.0 Å². The lowest BCUT2D eigenvalue weighted by molar-refractivity contribution is -0.137. The Kier molecular flexibility index (Phi) is 3.59. The van der Waals surface area contributed by atoms with Crippen LogP contribution in [0.2, 0.25) is 0 Å². The van der Waals surface area contributed by atoms with E-state index in [9.17, 15) is 13.2 Å². The number of nitrogens with two attached hydrogens (primary N) is 1. The summed E-state index contributed by atoms with van der Waals surface area (Å²) >= 11 is 7.78. The Hall–Kier alpha value is -1.48. The Morgan fingerprint density at radius 2 is 2.05 bits per heavy atom. The molecule has 0 aliphatic heterocycles. The van der Waals surface area contributed by atoms with E-state index in [1.165, 1.54) is 17.1 Å². The molecule has 0 saturated heterocycles. The van der Waals surface area contributed by atoms with Gasteiger partial charge in [-0.15, -0.1) is 5.10 Å². The summed E-state index contributed by atoms with van der Waals surface area (Å²) in [5.41, 5.74) is 5.01. The van der Waals surface area contributed by atoms with Crippen molar-refractivity contribution in [1.29, 1.82) is 0 Å². The molecule has 0 amide bonds. The van der Waals surface area contributed by atoms with E-state index in [4.69, 9.17) is 18.0 Å². The van der Waals surface area contributed by atoms with Crippen LogP contribution in [0.5, 0.6) is 0 Å². The van der Waals surface area contributed by atoms with Gasteiger partial charge in [0.1, 0.15) is 11.3 Å². The minimum absolute atomic E-state index is 0.0155. The van der Waals surface area contributed by atoms with Gasteiger partial charge in [-0.3, -0.25) is 0 Å². The summed E-state index contributed by atoms with van der Waals surface area (Å²) < 4.78 is 39.1. The second kappa shape index (κ2) is 4.89. The molecule has 0 atom stereocenters. The third kappa shape index (κ3) is 2.92. The van der Waals surface area contributed by atoms with Crippen molar-refractivity contribution in [1.82, 2.24) is 14.8 Å². The molecule has 0 saturated carbocycles. The molecule has 0 aliphatic carbocycles. The Morgan fingerprint density at radius 1 is 1.37 bits per heavy atom. The van der Waals surface area contributed by atoms with Crippen molar-refractivity contribution >= 4 is 33.1 Å². The molecule has 0 spiro atoms. The van der Waals surface area contributed by atoms with Crippen LogP contribution in [0.1, 0.15) is 11.4 Å². The summed E-state index contributed by atoms with van der Waals surface area (Å²) in [6, 6.07) is 3.21. The first-order valence-electron chi connectivity index (χ1n) is 4.87. The standard InChI is InChI=1S/C10H6BrF3N4S/c11-6-3-5(10(12,13)14)1-2-7(6)18-4-16-9(17-18)8(15)19/h1-4H,(H2,15,19). The van der Waals surface area contributed by atoms with E-state index in [1.54, 1.807) is 0 Å². The zero-order valence-electron chi connectivity index (χ0n) is 9.15. The fourth-order valence-corrected chi connectivity index (χ4v) is 2.02. The zero-order valence-corrected chi connectivity index (χ0v) is 11.6. The lowest BCUT2D eigenvalue weighted by Gasteiger charge is -2.09. The smallest absolute Gasteiger partial charge is 0.387 e. The second-order valence-corrected chi connectivity index (χ2v) is 4.84. The molecule has 4 nitrogen and oxygen atoms in total. The highest BCUT2D eigenvalue weighted by atomic mass is 79.9. The van der Waals surface area contributed by atoms with Crippen LogP contribution >= 0.6 is 28.1 Å². The first kappa shape index (κ1) is 13.9. The van der Waals surface area contributed by atoms with Gasteiger partial charge in [-0.05, 0) is 34.1 Å². The lowest BCUT2D eigenvalue weighted by atomic mass is 10.2. The van der Waals surface area contributed by atoms with E-state index in [0.29, 0.717) is 5.69 Å². The Bertz CT molecular complexity index is 638. The molecular weight excluding hydrogens is 345 g/mol. The molecule has 0 unspecified atom stereocenters. The summed E-state index contributed by atoms with van der Waals surface area (Å²) in [4.78, 5) is 3.86. The van der Waals surface area contributed by atoms with E-state index < -0.39 is 11.7 Å². The molecule has 0 fully saturated rings. The van der Waals surface area contributed by atoms with Gasteiger partial charge in [-0.2, -0.15) is 13.2 Å². The third-order valence-electron chi connectivity index (χ3n) is 2.23. The van der Waals surface area contributed by atoms with Gasteiger partial charge in [-0.1, -0.05) is 12.2 Å². The molecule has 2 N–H and O–H groups in total. The van der Waals surface area contributed by atoms with Crippen molar-refractivity contribution in [3.8, 4) is 5.69 Å². The number of halogens is 4. The number of hydrogen-bond acceptors (Lipinski definition) is 3. The van der Waals surface area contributed by atoms with E-state index >= 15 is 0 Å². The maximum absolute atomic E-state index is 12.5. The van der Waals surface area contributed by atoms with Crippen molar-refractivity contribution in [2.24, 2.45) is 5.73 Å². The number of nitrogens with zero attached hydrogens (tertiary/aromatic N) is 3. The van der Waals surface area contributed by atoms with Crippen molar-refractivity contribution in [3.05, 3.63) is 40.4 Å². The van der Waals surface area contributed by atoms with Crippen LogP contribution in [0, 0.1) is 0 Å². The predicted octanol–water partition coefficient (Wildman–Crippen LogP) is 2.68. The first-order chi connectivity index (χ1) is 8.79. The van der Waals surface area contributed by atoms with Gasteiger partial charge in [0.05, 0.1) is 11.3 Å². The van der Waals surface area contributed by atoms with Gasteiger partial charge in [0.2, 0.25) is 5.82 Å². The van der Waals surface area contributed by atoms with Crippen molar-refractivity contribution < 1.29 is 13.2 Å². The average molecular weight is 351 g/mol. The number of rotatable bonds is 2. The van der Waals surface area contributed by atoms with E-state index in [2.05, 4.69) is 26.0 Å². The largest absolute Gasteiger partial charge is 0.416 e. The molecular formula is C10H6BrF3N4S. The second-order valence-electron chi connectivity index (χ2n) is 3.54. The highest BCUT2D eigenvalue weighted by molar-refractivity contribution is 9.10. The van der Waals surface area contributed by atoms with Gasteiger partial charge >= 0.3 is 6.18 Å². The lowest BCUT2D eigenvalue weighted by Crippen LogP contribution is -2.12. The Labute approximate surface area is 119 Å². The number of alkyl halides is 3. The number of hydrogen-bond donors (Lipinski definition) is 1. The van der Waals surface area contributed by atoms with Gasteiger partial charge in [0, 0.05) is 4.47 Å². The van der Waals surface area contributed by atoms with E-state index in [0.717, 1.165) is 12.1 Å². The normalized spacial score (nSPS) is 11.6. The highest BCUT2D eigenvalue weighted by Gasteiger charge is 2.31. The molecule has 0 radical (unpaired) electrons. The maximum atomic E-state index is 12.5. The van der Waals surface area contributed by atoms with Crippen LogP contribution in [-0.4, -0.2) is 19.8 Å². The number of aromatic nitrogens is 3. The molecule has 0 aliphatic rings. The monoisotopic (exact) mass is 350 g/mol. The SMILES string of the molecule is NC(=S)c1ncn(-c2ccc(C(F)(F)F)cc2Br)n1. The van der Waals surface area contributed by atoms with E-state index in [-0.39, 0.29) is 15.3 Å².